The summed E-state index contributed by atoms with van der Waals surface area (Å²) in [6.07, 6.45) is 3.96. The second-order valence-corrected chi connectivity index (χ2v) is 5.31. The molecule has 0 aliphatic rings. The number of nitrogens with zero attached hydrogens (tertiary/aromatic N) is 2. The van der Waals surface area contributed by atoms with E-state index in [9.17, 15) is 0 Å². The quantitative estimate of drug-likeness (QED) is 0.830. The van der Waals surface area contributed by atoms with Crippen LogP contribution < -0.4 is 5.32 Å². The molecular formula is C12H22ClN3S. The molecule has 1 rings (SSSR count). The Morgan fingerprint density at radius 3 is 2.65 bits per heavy atom. The second-order valence-electron chi connectivity index (χ2n) is 4.02. The van der Waals surface area contributed by atoms with Gasteiger partial charge in [0.2, 0.25) is 0 Å². The molecule has 0 aliphatic carbocycles. The van der Waals surface area contributed by atoms with Crippen LogP contribution in [-0.4, -0.2) is 34.9 Å². The Labute approximate surface area is 113 Å². The van der Waals surface area contributed by atoms with Crippen molar-refractivity contribution in [2.45, 2.75) is 39.3 Å². The van der Waals surface area contributed by atoms with Gasteiger partial charge in [-0.25, -0.2) is 0 Å². The molecule has 0 radical (unpaired) electrons. The molecule has 1 heterocycles. The molecule has 1 unspecified atom stereocenters. The Kier molecular flexibility index (Phi) is 6.38. The van der Waals surface area contributed by atoms with Crippen LogP contribution in [0.1, 0.15) is 25.2 Å². The van der Waals surface area contributed by atoms with Crippen molar-refractivity contribution in [1.82, 2.24) is 15.1 Å². The number of hydrogen-bond acceptors (Lipinski definition) is 3. The first-order chi connectivity index (χ1) is 8.17. The molecule has 5 heteroatoms. The van der Waals surface area contributed by atoms with Crippen LogP contribution in [-0.2, 0) is 19.4 Å². The minimum absolute atomic E-state index is 0.453. The van der Waals surface area contributed by atoms with Crippen LogP contribution in [0.3, 0.4) is 0 Å². The van der Waals surface area contributed by atoms with Crippen molar-refractivity contribution in [2.75, 3.05) is 19.1 Å². The highest BCUT2D eigenvalue weighted by molar-refractivity contribution is 7.98. The van der Waals surface area contributed by atoms with E-state index in [0.29, 0.717) is 6.04 Å². The maximum absolute atomic E-state index is 6.39. The van der Waals surface area contributed by atoms with Gasteiger partial charge in [-0.3, -0.25) is 4.68 Å². The van der Waals surface area contributed by atoms with Crippen LogP contribution >= 0.6 is 23.4 Å². The van der Waals surface area contributed by atoms with Gasteiger partial charge in [-0.05, 0) is 26.6 Å². The summed E-state index contributed by atoms with van der Waals surface area (Å²) in [5.41, 5.74) is 2.18. The maximum atomic E-state index is 6.39. The van der Waals surface area contributed by atoms with E-state index >= 15 is 0 Å². The summed E-state index contributed by atoms with van der Waals surface area (Å²) in [5, 5.41) is 8.74. The molecule has 17 heavy (non-hydrogen) atoms. The summed E-state index contributed by atoms with van der Waals surface area (Å²) in [6.45, 7) is 5.08. The smallest absolute Gasteiger partial charge is 0.0850 e. The van der Waals surface area contributed by atoms with E-state index in [-0.39, 0.29) is 0 Å². The van der Waals surface area contributed by atoms with E-state index < -0.39 is 0 Å². The number of nitrogens with one attached hydrogen (secondary N) is 1. The van der Waals surface area contributed by atoms with Gasteiger partial charge in [0, 0.05) is 24.8 Å². The van der Waals surface area contributed by atoms with Gasteiger partial charge in [0.1, 0.15) is 0 Å². The topological polar surface area (TPSA) is 29.9 Å². The van der Waals surface area contributed by atoms with Gasteiger partial charge in [0.15, 0.2) is 0 Å². The second kappa shape index (κ2) is 7.29. The SMILES string of the molecule is CCc1nn(CC)c(CC(CSC)NC)c1Cl. The third kappa shape index (κ3) is 3.63. The van der Waals surface area contributed by atoms with Crippen molar-refractivity contribution < 1.29 is 0 Å². The largest absolute Gasteiger partial charge is 0.316 e. The normalized spacial score (nSPS) is 13.0. The van der Waals surface area contributed by atoms with Gasteiger partial charge in [-0.2, -0.15) is 16.9 Å². The Hall–Kier alpha value is -0.190. The van der Waals surface area contributed by atoms with Crippen molar-refractivity contribution >= 4 is 23.4 Å². The fourth-order valence-electron chi connectivity index (χ4n) is 1.89. The standard InChI is InChI=1S/C12H22ClN3S/c1-5-10-12(13)11(16(6-2)15-10)7-9(14-3)8-17-4/h9,14H,5-8H2,1-4H3. The predicted molar refractivity (Wildman–Crippen MR) is 77.2 cm³/mol. The Morgan fingerprint density at radius 1 is 1.47 bits per heavy atom. The molecule has 0 bridgehead atoms. The lowest BCUT2D eigenvalue weighted by Gasteiger charge is -2.15. The highest BCUT2D eigenvalue weighted by Gasteiger charge is 2.17. The highest BCUT2D eigenvalue weighted by Crippen LogP contribution is 2.23. The summed E-state index contributed by atoms with van der Waals surface area (Å²) < 4.78 is 2.03. The van der Waals surface area contributed by atoms with Crippen molar-refractivity contribution in [3.8, 4) is 0 Å². The van der Waals surface area contributed by atoms with Crippen molar-refractivity contribution in [3.63, 3.8) is 0 Å². The average molecular weight is 276 g/mol. The van der Waals surface area contributed by atoms with E-state index in [1.165, 1.54) is 5.69 Å². The Bertz CT molecular complexity index is 352. The third-order valence-electron chi connectivity index (χ3n) is 2.91. The van der Waals surface area contributed by atoms with Crippen LogP contribution in [0.2, 0.25) is 5.02 Å². The molecule has 0 saturated carbocycles. The van der Waals surface area contributed by atoms with Crippen LogP contribution in [0, 0.1) is 0 Å². The Balaban J connectivity index is 2.91. The van der Waals surface area contributed by atoms with Crippen LogP contribution in [0.25, 0.3) is 0 Å². The molecule has 1 aromatic rings. The van der Waals surface area contributed by atoms with Crippen LogP contribution in [0.5, 0.6) is 0 Å². The predicted octanol–water partition coefficient (Wildman–Crippen LogP) is 2.61. The molecule has 3 nitrogen and oxygen atoms in total. The van der Waals surface area contributed by atoms with Gasteiger partial charge >= 0.3 is 0 Å². The van der Waals surface area contributed by atoms with Gasteiger partial charge in [-0.1, -0.05) is 18.5 Å². The molecular weight excluding hydrogens is 254 g/mol. The monoisotopic (exact) mass is 275 g/mol. The zero-order valence-electron chi connectivity index (χ0n) is 11.1. The lowest BCUT2D eigenvalue weighted by molar-refractivity contribution is 0.555. The van der Waals surface area contributed by atoms with E-state index in [0.717, 1.165) is 35.9 Å². The molecule has 0 amide bonds. The minimum Gasteiger partial charge on any atom is -0.316 e. The number of thioether (sulfide) groups is 1. The van der Waals surface area contributed by atoms with Gasteiger partial charge in [0.05, 0.1) is 16.4 Å². The summed E-state index contributed by atoms with van der Waals surface area (Å²) in [5.74, 6) is 1.09. The molecule has 0 saturated heterocycles. The van der Waals surface area contributed by atoms with E-state index in [4.69, 9.17) is 11.6 Å². The molecule has 98 valence electrons. The molecule has 1 atom stereocenters. The zero-order valence-corrected chi connectivity index (χ0v) is 12.7. The number of halogens is 1. The Morgan fingerprint density at radius 2 is 2.18 bits per heavy atom. The zero-order chi connectivity index (χ0) is 12.8. The highest BCUT2D eigenvalue weighted by atomic mass is 35.5. The van der Waals surface area contributed by atoms with Gasteiger partial charge < -0.3 is 5.32 Å². The van der Waals surface area contributed by atoms with Crippen molar-refractivity contribution in [3.05, 3.63) is 16.4 Å². The maximum Gasteiger partial charge on any atom is 0.0850 e. The van der Waals surface area contributed by atoms with E-state index in [2.05, 4.69) is 30.5 Å². The number of likely N-dealkylation sites (N-methyl/N-ethyl adjacent to an activating group) is 1. The fraction of sp³-hybridized carbons (Fsp3) is 0.750. The van der Waals surface area contributed by atoms with E-state index in [1.807, 2.05) is 23.5 Å². The third-order valence-corrected chi connectivity index (χ3v) is 4.08. The van der Waals surface area contributed by atoms with Gasteiger partial charge in [0.25, 0.3) is 0 Å². The lowest BCUT2D eigenvalue weighted by atomic mass is 10.1. The van der Waals surface area contributed by atoms with Crippen LogP contribution in [0.4, 0.5) is 0 Å². The first-order valence-corrected chi connectivity index (χ1v) is 7.85. The van der Waals surface area contributed by atoms with E-state index in [1.54, 1.807) is 0 Å². The average Bonchev–Trinajstić information content (AvgIpc) is 2.65. The number of aromatic nitrogens is 2. The lowest BCUT2D eigenvalue weighted by Crippen LogP contribution is -2.31. The summed E-state index contributed by atoms with van der Waals surface area (Å²) in [4.78, 5) is 0. The van der Waals surface area contributed by atoms with Crippen molar-refractivity contribution in [2.24, 2.45) is 0 Å². The summed E-state index contributed by atoms with van der Waals surface area (Å²) in [7, 11) is 2.00. The molecule has 1 aromatic heterocycles. The first kappa shape index (κ1) is 14.9. The number of hydrogen-bond donors (Lipinski definition) is 1. The van der Waals surface area contributed by atoms with Crippen molar-refractivity contribution in [1.29, 1.82) is 0 Å². The number of aryl methyl sites for hydroxylation is 2. The van der Waals surface area contributed by atoms with Crippen LogP contribution in [0.15, 0.2) is 0 Å². The van der Waals surface area contributed by atoms with Gasteiger partial charge in [-0.15, -0.1) is 0 Å². The minimum atomic E-state index is 0.453. The summed E-state index contributed by atoms with van der Waals surface area (Å²) >= 11 is 8.24. The summed E-state index contributed by atoms with van der Waals surface area (Å²) in [6, 6.07) is 0.453. The fourth-order valence-corrected chi connectivity index (χ4v) is 2.92. The number of rotatable bonds is 7. The molecule has 0 spiro atoms. The molecule has 0 aliphatic heterocycles. The molecule has 0 fully saturated rings. The molecule has 0 aromatic carbocycles. The molecule has 1 N–H and O–H groups in total. The first-order valence-electron chi connectivity index (χ1n) is 6.08.